The van der Waals surface area contributed by atoms with Crippen LogP contribution in [0.1, 0.15) is 25.0 Å². The predicted octanol–water partition coefficient (Wildman–Crippen LogP) is 3.16. The molecule has 8 heteroatoms. The monoisotopic (exact) mass is 499 g/mol. The molecule has 0 atom stereocenters. The number of nitrogens with one attached hydrogen (secondary N) is 1. The first-order chi connectivity index (χ1) is 12.7. The molecule has 6 nitrogen and oxygen atoms in total. The van der Waals surface area contributed by atoms with Crippen molar-refractivity contribution in [3.05, 3.63) is 63.2 Å². The first-order valence-corrected chi connectivity index (χ1v) is 11.3. The molecule has 0 saturated heterocycles. The van der Waals surface area contributed by atoms with E-state index in [0.717, 1.165) is 25.3 Å². The average molecular weight is 499 g/mol. The number of halogens is 1. The number of hydrogen-bond donors (Lipinski definition) is 1. The van der Waals surface area contributed by atoms with Crippen molar-refractivity contribution in [2.24, 2.45) is 5.10 Å². The van der Waals surface area contributed by atoms with Gasteiger partial charge in [0, 0.05) is 3.57 Å². The number of anilines is 1. The molecule has 1 N–H and O–H groups in total. The predicted molar refractivity (Wildman–Crippen MR) is 118 cm³/mol. The second kappa shape index (κ2) is 9.32. The minimum absolute atomic E-state index is 0.334. The minimum Gasteiger partial charge on any atom is -0.271 e. The molecular weight excluding hydrogens is 477 g/mol. The molecule has 0 aliphatic carbocycles. The fourth-order valence-electron chi connectivity index (χ4n) is 2.50. The molecule has 0 aromatic heterocycles. The Morgan fingerprint density at radius 2 is 1.78 bits per heavy atom. The van der Waals surface area contributed by atoms with Gasteiger partial charge in [0.05, 0.1) is 17.7 Å². The van der Waals surface area contributed by atoms with Gasteiger partial charge in [-0.25, -0.2) is 13.8 Å². The highest BCUT2D eigenvalue weighted by Gasteiger charge is 2.22. The van der Waals surface area contributed by atoms with E-state index >= 15 is 0 Å². The highest BCUT2D eigenvalue weighted by molar-refractivity contribution is 14.1. The summed E-state index contributed by atoms with van der Waals surface area (Å²) in [4.78, 5) is 12.3. The Hall–Kier alpha value is -1.94. The van der Waals surface area contributed by atoms with Gasteiger partial charge in [-0.15, -0.1) is 0 Å². The number of nitrogens with zero attached hydrogens (tertiary/aromatic N) is 2. The van der Waals surface area contributed by atoms with Crippen molar-refractivity contribution in [2.45, 2.75) is 20.3 Å². The van der Waals surface area contributed by atoms with E-state index in [1.54, 1.807) is 19.1 Å². The van der Waals surface area contributed by atoms with Gasteiger partial charge in [0.1, 0.15) is 6.54 Å². The second-order valence-electron chi connectivity index (χ2n) is 5.99. The van der Waals surface area contributed by atoms with E-state index < -0.39 is 15.9 Å². The Labute approximate surface area is 173 Å². The topological polar surface area (TPSA) is 78.8 Å². The van der Waals surface area contributed by atoms with Crippen molar-refractivity contribution in [1.29, 1.82) is 0 Å². The van der Waals surface area contributed by atoms with Gasteiger partial charge in [-0.3, -0.25) is 9.10 Å². The van der Waals surface area contributed by atoms with Crippen LogP contribution >= 0.6 is 22.6 Å². The average Bonchev–Trinajstić information content (AvgIpc) is 2.63. The highest BCUT2D eigenvalue weighted by Crippen LogP contribution is 2.23. The number of carbonyl (C=O) groups excluding carboxylic acids is 1. The zero-order chi connectivity index (χ0) is 20.0. The molecule has 0 aliphatic rings. The second-order valence-corrected chi connectivity index (χ2v) is 9.14. The summed E-state index contributed by atoms with van der Waals surface area (Å²) in [6.07, 6.45) is 1.75. The third-order valence-corrected chi connectivity index (χ3v) is 5.78. The summed E-state index contributed by atoms with van der Waals surface area (Å²) in [6, 6.07) is 14.9. The van der Waals surface area contributed by atoms with Crippen molar-refractivity contribution >= 4 is 49.9 Å². The van der Waals surface area contributed by atoms with Crippen LogP contribution < -0.4 is 9.73 Å². The van der Waals surface area contributed by atoms with Crippen LogP contribution in [0.2, 0.25) is 0 Å². The molecule has 1 amide bonds. The molecule has 2 rings (SSSR count). The van der Waals surface area contributed by atoms with E-state index in [-0.39, 0.29) is 6.54 Å². The fraction of sp³-hybridized carbons (Fsp3) is 0.263. The van der Waals surface area contributed by atoms with E-state index in [1.165, 1.54) is 0 Å². The third-order valence-electron chi connectivity index (χ3n) is 3.94. The van der Waals surface area contributed by atoms with Gasteiger partial charge in [-0.2, -0.15) is 5.10 Å². The number of para-hydroxylation sites is 1. The van der Waals surface area contributed by atoms with Crippen LogP contribution in [-0.4, -0.2) is 32.8 Å². The Kier molecular flexibility index (Phi) is 7.37. The number of aryl methyl sites for hydroxylation is 1. The van der Waals surface area contributed by atoms with Gasteiger partial charge in [0.25, 0.3) is 5.91 Å². The van der Waals surface area contributed by atoms with Crippen molar-refractivity contribution in [3.63, 3.8) is 0 Å². The lowest BCUT2D eigenvalue weighted by atomic mass is 10.1. The minimum atomic E-state index is -3.62. The van der Waals surface area contributed by atoms with Crippen molar-refractivity contribution in [1.82, 2.24) is 5.43 Å². The van der Waals surface area contributed by atoms with Gasteiger partial charge < -0.3 is 0 Å². The summed E-state index contributed by atoms with van der Waals surface area (Å²) in [5.74, 6) is -0.504. The van der Waals surface area contributed by atoms with Crippen LogP contribution in [-0.2, 0) is 21.2 Å². The number of rotatable bonds is 7. The summed E-state index contributed by atoms with van der Waals surface area (Å²) < 4.78 is 26.7. The third kappa shape index (κ3) is 6.03. The standard InChI is InChI=1S/C19H22IN3O3S/c1-4-15-7-5-6-8-18(15)23(27(3,25)26)13-19(24)22-21-14(2)16-9-11-17(20)12-10-16/h5-12H,4,13H2,1-3H3,(H,22,24). The molecule has 0 unspecified atom stereocenters. The first-order valence-electron chi connectivity index (χ1n) is 8.37. The molecule has 0 radical (unpaired) electrons. The molecule has 0 bridgehead atoms. The smallest absolute Gasteiger partial charge is 0.260 e. The maximum Gasteiger partial charge on any atom is 0.260 e. The molecule has 0 fully saturated rings. The zero-order valence-electron chi connectivity index (χ0n) is 15.4. The van der Waals surface area contributed by atoms with E-state index in [1.807, 2.05) is 43.3 Å². The first kappa shape index (κ1) is 21.4. The lowest BCUT2D eigenvalue weighted by Crippen LogP contribution is -2.39. The van der Waals surface area contributed by atoms with Crippen LogP contribution in [0.3, 0.4) is 0 Å². The summed E-state index contributed by atoms with van der Waals surface area (Å²) in [5, 5.41) is 4.09. The number of benzene rings is 2. The van der Waals surface area contributed by atoms with E-state index in [2.05, 4.69) is 33.1 Å². The Morgan fingerprint density at radius 1 is 1.15 bits per heavy atom. The molecule has 2 aromatic carbocycles. The maximum absolute atomic E-state index is 12.3. The lowest BCUT2D eigenvalue weighted by Gasteiger charge is -2.23. The highest BCUT2D eigenvalue weighted by atomic mass is 127. The zero-order valence-corrected chi connectivity index (χ0v) is 18.4. The molecule has 2 aromatic rings. The fourth-order valence-corrected chi connectivity index (χ4v) is 3.75. The van der Waals surface area contributed by atoms with Gasteiger partial charge in [-0.1, -0.05) is 37.3 Å². The molecule has 0 heterocycles. The van der Waals surface area contributed by atoms with E-state index in [9.17, 15) is 13.2 Å². The Morgan fingerprint density at radius 3 is 2.37 bits per heavy atom. The van der Waals surface area contributed by atoms with Crippen LogP contribution in [0.5, 0.6) is 0 Å². The number of hydrazone groups is 1. The summed E-state index contributed by atoms with van der Waals surface area (Å²) in [6.45, 7) is 3.39. The summed E-state index contributed by atoms with van der Waals surface area (Å²) in [5.41, 5.74) is 5.33. The van der Waals surface area contributed by atoms with Crippen LogP contribution in [0.4, 0.5) is 5.69 Å². The molecule has 144 valence electrons. The van der Waals surface area contributed by atoms with Crippen LogP contribution in [0.15, 0.2) is 53.6 Å². The van der Waals surface area contributed by atoms with E-state index in [0.29, 0.717) is 17.8 Å². The van der Waals surface area contributed by atoms with Crippen LogP contribution in [0.25, 0.3) is 0 Å². The molecule has 0 saturated carbocycles. The molecule has 0 spiro atoms. The quantitative estimate of drug-likeness (QED) is 0.361. The SMILES string of the molecule is CCc1ccccc1N(CC(=O)NN=C(C)c1ccc(I)cc1)S(C)(=O)=O. The van der Waals surface area contributed by atoms with E-state index in [4.69, 9.17) is 0 Å². The molecular formula is C19H22IN3O3S. The maximum atomic E-state index is 12.3. The molecule has 27 heavy (non-hydrogen) atoms. The van der Waals surface area contributed by atoms with Gasteiger partial charge in [0.15, 0.2) is 0 Å². The van der Waals surface area contributed by atoms with Gasteiger partial charge >= 0.3 is 0 Å². The Bertz CT molecular complexity index is 941. The van der Waals surface area contributed by atoms with Gasteiger partial charge in [0.2, 0.25) is 10.0 Å². The van der Waals surface area contributed by atoms with Crippen molar-refractivity contribution in [2.75, 3.05) is 17.1 Å². The lowest BCUT2D eigenvalue weighted by molar-refractivity contribution is -0.119. The Balaban J connectivity index is 2.17. The number of sulfonamides is 1. The summed E-state index contributed by atoms with van der Waals surface area (Å²) >= 11 is 2.21. The number of hydrogen-bond acceptors (Lipinski definition) is 4. The van der Waals surface area contributed by atoms with Crippen molar-refractivity contribution in [3.8, 4) is 0 Å². The number of carbonyl (C=O) groups is 1. The van der Waals surface area contributed by atoms with Crippen LogP contribution in [0, 0.1) is 3.57 Å². The molecule has 0 aliphatic heterocycles. The summed E-state index contributed by atoms with van der Waals surface area (Å²) in [7, 11) is -3.62. The largest absolute Gasteiger partial charge is 0.271 e. The normalized spacial score (nSPS) is 11.9. The number of amides is 1. The van der Waals surface area contributed by atoms with Gasteiger partial charge in [-0.05, 0) is 65.3 Å². The van der Waals surface area contributed by atoms with Crippen molar-refractivity contribution < 1.29 is 13.2 Å².